The van der Waals surface area contributed by atoms with Crippen LogP contribution in [0.25, 0.3) is 16.7 Å². The maximum atomic E-state index is 6.98. The van der Waals surface area contributed by atoms with E-state index in [0.29, 0.717) is 0 Å². The molecular weight excluding hydrogens is 472 g/mol. The lowest BCUT2D eigenvalue weighted by atomic mass is 9.68. The zero-order chi connectivity index (χ0) is 26.6. The summed E-state index contributed by atoms with van der Waals surface area (Å²) < 4.78 is 0. The Morgan fingerprint density at radius 1 is 0.846 bits per heavy atom. The van der Waals surface area contributed by atoms with Crippen LogP contribution in [-0.2, 0) is 5.41 Å². The van der Waals surface area contributed by atoms with E-state index in [1.54, 1.807) is 0 Å². The molecule has 2 heteroatoms. The standard InChI is InChI=1S/C37H32N2/c1-3-13-32-25(2)28-16-7-10-19-33(28)37(32)34-20-11-8-18-30(34)31-23-22-27(24-35(31)37)39(38)36-21-12-9-17-29(36)26-14-5-4-6-15-26/h4-5,8-9,11-12,14,16-24H,6-7,10,15,38H2,1-2H3. The van der Waals surface area contributed by atoms with Crippen LogP contribution in [0.2, 0.25) is 0 Å². The Kier molecular flexibility index (Phi) is 5.58. The van der Waals surface area contributed by atoms with Gasteiger partial charge in [-0.3, -0.25) is 5.01 Å². The van der Waals surface area contributed by atoms with E-state index in [0.717, 1.165) is 37.1 Å². The van der Waals surface area contributed by atoms with Crippen LogP contribution in [0, 0.1) is 11.8 Å². The first kappa shape index (κ1) is 23.8. The van der Waals surface area contributed by atoms with Crippen molar-refractivity contribution in [2.45, 2.75) is 44.9 Å². The van der Waals surface area contributed by atoms with Crippen LogP contribution in [0.5, 0.6) is 0 Å². The third-order valence-electron chi connectivity index (χ3n) is 8.79. The number of benzene rings is 3. The van der Waals surface area contributed by atoms with Crippen molar-refractivity contribution in [3.63, 3.8) is 0 Å². The Hall–Kier alpha value is -4.32. The second-order valence-electron chi connectivity index (χ2n) is 10.8. The molecular formula is C37H32N2. The molecule has 0 saturated heterocycles. The van der Waals surface area contributed by atoms with E-state index in [1.807, 2.05) is 11.9 Å². The topological polar surface area (TPSA) is 29.3 Å². The van der Waals surface area contributed by atoms with Crippen LogP contribution in [0.15, 0.2) is 119 Å². The monoisotopic (exact) mass is 504 g/mol. The van der Waals surface area contributed by atoms with Crippen LogP contribution < -0.4 is 10.9 Å². The Morgan fingerprint density at radius 2 is 1.62 bits per heavy atom. The van der Waals surface area contributed by atoms with Crippen LogP contribution in [-0.4, -0.2) is 0 Å². The first-order valence-electron chi connectivity index (χ1n) is 14.0. The fraction of sp³-hybridized carbons (Fsp3) is 0.189. The molecule has 3 aromatic rings. The van der Waals surface area contributed by atoms with Gasteiger partial charge in [0.25, 0.3) is 0 Å². The van der Waals surface area contributed by atoms with Gasteiger partial charge in [-0.25, -0.2) is 5.84 Å². The summed E-state index contributed by atoms with van der Waals surface area (Å²) >= 11 is 0. The number of nitrogens with zero attached hydrogens (tertiary/aromatic N) is 1. The quantitative estimate of drug-likeness (QED) is 0.220. The van der Waals surface area contributed by atoms with Crippen LogP contribution in [0.3, 0.4) is 0 Å². The van der Waals surface area contributed by atoms with Gasteiger partial charge in [-0.1, -0.05) is 84.8 Å². The molecule has 1 unspecified atom stereocenters. The lowest BCUT2D eigenvalue weighted by Gasteiger charge is -2.33. The van der Waals surface area contributed by atoms with E-state index in [4.69, 9.17) is 5.84 Å². The summed E-state index contributed by atoms with van der Waals surface area (Å²) in [5.41, 5.74) is 14.5. The molecule has 1 spiro atoms. The number of anilines is 2. The Labute approximate surface area is 231 Å². The predicted octanol–water partition coefficient (Wildman–Crippen LogP) is 8.70. The van der Waals surface area contributed by atoms with Gasteiger partial charge < -0.3 is 0 Å². The summed E-state index contributed by atoms with van der Waals surface area (Å²) in [6, 6.07) is 24.1. The summed E-state index contributed by atoms with van der Waals surface area (Å²) in [5.74, 6) is 13.8. The van der Waals surface area contributed by atoms with Crippen LogP contribution in [0.1, 0.15) is 56.2 Å². The number of hydrogen-bond acceptors (Lipinski definition) is 2. The minimum Gasteiger partial charge on any atom is -0.279 e. The van der Waals surface area contributed by atoms with Crippen molar-refractivity contribution in [1.29, 1.82) is 0 Å². The molecule has 0 fully saturated rings. The average molecular weight is 505 g/mol. The van der Waals surface area contributed by atoms with E-state index in [2.05, 4.69) is 116 Å². The highest BCUT2D eigenvalue weighted by Crippen LogP contribution is 2.63. The molecule has 0 heterocycles. The molecule has 1 atom stereocenters. The number of nitrogens with two attached hydrogens (primary N) is 1. The molecule has 0 saturated carbocycles. The summed E-state index contributed by atoms with van der Waals surface area (Å²) in [6.45, 7) is 4.20. The zero-order valence-corrected chi connectivity index (χ0v) is 22.6. The average Bonchev–Trinajstić information content (AvgIpc) is 3.43. The third kappa shape index (κ3) is 3.33. The van der Waals surface area contributed by atoms with Gasteiger partial charge in [0.05, 0.1) is 16.8 Å². The van der Waals surface area contributed by atoms with Crippen molar-refractivity contribution in [3.8, 4) is 23.0 Å². The molecule has 0 bridgehead atoms. The smallest absolute Gasteiger partial charge is 0.0798 e. The lowest BCUT2D eigenvalue weighted by Crippen LogP contribution is -2.29. The summed E-state index contributed by atoms with van der Waals surface area (Å²) in [5, 5.41) is 1.87. The van der Waals surface area contributed by atoms with E-state index >= 15 is 0 Å². The summed E-state index contributed by atoms with van der Waals surface area (Å²) in [4.78, 5) is 0. The second kappa shape index (κ2) is 9.16. The Bertz CT molecular complexity index is 1750. The Balaban J connectivity index is 1.46. The molecule has 0 radical (unpaired) electrons. The van der Waals surface area contributed by atoms with E-state index in [9.17, 15) is 0 Å². The van der Waals surface area contributed by atoms with Gasteiger partial charge in [-0.2, -0.15) is 0 Å². The van der Waals surface area contributed by atoms with Crippen molar-refractivity contribution < 1.29 is 0 Å². The fourth-order valence-corrected chi connectivity index (χ4v) is 7.15. The SMILES string of the molecule is CC#CC1=C(C)C2=CCCC=C2C12c1ccccc1-c1ccc(N(N)c3ccccc3C3=CC=CCC3)cc12. The number of para-hydroxylation sites is 1. The van der Waals surface area contributed by atoms with Gasteiger partial charge in [0.1, 0.15) is 0 Å². The number of fused-ring (bicyclic) bond motifs is 7. The zero-order valence-electron chi connectivity index (χ0n) is 22.6. The minimum atomic E-state index is -0.404. The van der Waals surface area contributed by atoms with Crippen molar-refractivity contribution in [1.82, 2.24) is 0 Å². The number of rotatable bonds is 3. The number of hydrazine groups is 1. The predicted molar refractivity (Wildman–Crippen MR) is 163 cm³/mol. The molecule has 7 rings (SSSR count). The maximum absolute atomic E-state index is 6.98. The van der Waals surface area contributed by atoms with E-state index in [-0.39, 0.29) is 0 Å². The lowest BCUT2D eigenvalue weighted by molar-refractivity contribution is 0.772. The molecule has 2 N–H and O–H groups in total. The van der Waals surface area contributed by atoms with Crippen molar-refractivity contribution in [2.75, 3.05) is 5.01 Å². The van der Waals surface area contributed by atoms with Crippen molar-refractivity contribution >= 4 is 16.9 Å². The summed E-state index contributed by atoms with van der Waals surface area (Å²) in [6.07, 6.45) is 15.7. The van der Waals surface area contributed by atoms with Gasteiger partial charge in [0, 0.05) is 11.1 Å². The van der Waals surface area contributed by atoms with Crippen LogP contribution in [0.4, 0.5) is 11.4 Å². The highest BCUT2D eigenvalue weighted by atomic mass is 15.4. The maximum Gasteiger partial charge on any atom is 0.0798 e. The highest BCUT2D eigenvalue weighted by molar-refractivity contribution is 5.93. The van der Waals surface area contributed by atoms with Gasteiger partial charge in [0.2, 0.25) is 0 Å². The first-order valence-corrected chi connectivity index (χ1v) is 14.0. The third-order valence-corrected chi connectivity index (χ3v) is 8.79. The van der Waals surface area contributed by atoms with Gasteiger partial charge in [-0.05, 0) is 102 Å². The van der Waals surface area contributed by atoms with E-state index in [1.165, 1.54) is 55.7 Å². The molecule has 4 aliphatic carbocycles. The second-order valence-corrected chi connectivity index (χ2v) is 10.8. The molecule has 0 aromatic heterocycles. The first-order chi connectivity index (χ1) is 19.2. The van der Waals surface area contributed by atoms with Gasteiger partial charge in [-0.15, -0.1) is 5.92 Å². The minimum absolute atomic E-state index is 0.404. The van der Waals surface area contributed by atoms with Crippen molar-refractivity contribution in [2.24, 2.45) is 5.84 Å². The number of hydrogen-bond donors (Lipinski definition) is 1. The molecule has 39 heavy (non-hydrogen) atoms. The van der Waals surface area contributed by atoms with Gasteiger partial charge >= 0.3 is 0 Å². The molecule has 0 aliphatic heterocycles. The molecule has 0 amide bonds. The van der Waals surface area contributed by atoms with E-state index < -0.39 is 5.41 Å². The molecule has 3 aromatic carbocycles. The molecule has 190 valence electrons. The normalized spacial score (nSPS) is 20.4. The van der Waals surface area contributed by atoms with Crippen LogP contribution >= 0.6 is 0 Å². The Morgan fingerprint density at radius 3 is 2.44 bits per heavy atom. The largest absolute Gasteiger partial charge is 0.279 e. The van der Waals surface area contributed by atoms with Crippen molar-refractivity contribution in [3.05, 3.63) is 136 Å². The number of allylic oxidation sites excluding steroid dienone is 10. The molecule has 4 aliphatic rings. The summed E-state index contributed by atoms with van der Waals surface area (Å²) in [7, 11) is 0. The van der Waals surface area contributed by atoms with Gasteiger partial charge in [0.15, 0.2) is 0 Å². The highest BCUT2D eigenvalue weighted by Gasteiger charge is 2.54. The molecule has 2 nitrogen and oxygen atoms in total. The fourth-order valence-electron chi connectivity index (χ4n) is 7.15.